The average Bonchev–Trinajstić information content (AvgIpc) is 2.70. The highest BCUT2D eigenvalue weighted by Gasteiger charge is 2.25. The van der Waals surface area contributed by atoms with Gasteiger partial charge in [-0.05, 0) is 50.3 Å². The van der Waals surface area contributed by atoms with Gasteiger partial charge in [0.2, 0.25) is 0 Å². The molecule has 2 nitrogen and oxygen atoms in total. The predicted octanol–water partition coefficient (Wildman–Crippen LogP) is 5.21. The zero-order valence-electron chi connectivity index (χ0n) is 15.5. The molecule has 0 spiro atoms. The second-order valence-electron chi connectivity index (χ2n) is 6.90. The number of hydrogen-bond donors (Lipinski definition) is 0. The van der Waals surface area contributed by atoms with Gasteiger partial charge in [-0.15, -0.1) is 23.5 Å². The van der Waals surface area contributed by atoms with Crippen LogP contribution in [0.25, 0.3) is 0 Å². The Morgan fingerprint density at radius 3 is 2.36 bits per heavy atom. The molecule has 2 heterocycles. The van der Waals surface area contributed by atoms with Crippen LogP contribution in [0, 0.1) is 0 Å². The zero-order chi connectivity index (χ0) is 17.3. The Labute approximate surface area is 161 Å². The summed E-state index contributed by atoms with van der Waals surface area (Å²) in [6.07, 6.45) is 12.9. The molecule has 4 heteroatoms. The van der Waals surface area contributed by atoms with E-state index in [1.165, 1.54) is 80.3 Å². The molecule has 2 aliphatic rings. The van der Waals surface area contributed by atoms with Crippen molar-refractivity contribution in [3.8, 4) is 0 Å². The third-order valence-corrected chi connectivity index (χ3v) is 7.29. The van der Waals surface area contributed by atoms with Crippen LogP contribution in [-0.2, 0) is 5.75 Å². The first-order valence-corrected chi connectivity index (χ1v) is 11.9. The SMILES string of the molecule is CS/C(=C\C(N1CCCCC1)=[N+]1CCCCC1)SCc1ccccc1. The first-order valence-electron chi connectivity index (χ1n) is 9.66. The van der Waals surface area contributed by atoms with E-state index in [0.717, 1.165) is 5.75 Å². The third kappa shape index (κ3) is 5.82. The van der Waals surface area contributed by atoms with Gasteiger partial charge < -0.3 is 0 Å². The van der Waals surface area contributed by atoms with Crippen LogP contribution in [0.1, 0.15) is 44.1 Å². The van der Waals surface area contributed by atoms with Crippen molar-refractivity contribution >= 4 is 29.4 Å². The third-order valence-electron chi connectivity index (χ3n) is 5.03. The molecule has 2 saturated heterocycles. The topological polar surface area (TPSA) is 6.25 Å². The molecule has 136 valence electrons. The van der Waals surface area contributed by atoms with Gasteiger partial charge in [0.05, 0.1) is 26.2 Å². The Bertz CT molecular complexity index is 581. The van der Waals surface area contributed by atoms with E-state index in [1.54, 1.807) is 0 Å². The van der Waals surface area contributed by atoms with Crippen molar-refractivity contribution in [1.29, 1.82) is 0 Å². The van der Waals surface area contributed by atoms with Gasteiger partial charge >= 0.3 is 0 Å². The van der Waals surface area contributed by atoms with Crippen molar-refractivity contribution in [2.24, 2.45) is 0 Å². The standard InChI is InChI=1S/C21H31N2S2/c1-24-21(25-18-19-11-5-2-6-12-19)17-20(22-13-7-3-8-14-22)23-15-9-4-10-16-23/h2,5-6,11-12,17H,3-4,7-10,13-16,18H2,1H3/q+1/b21-17+. The Morgan fingerprint density at radius 1 is 1.00 bits per heavy atom. The van der Waals surface area contributed by atoms with Gasteiger partial charge in [0.1, 0.15) is 0 Å². The number of amidine groups is 1. The summed E-state index contributed by atoms with van der Waals surface area (Å²) in [4.78, 5) is 2.65. The summed E-state index contributed by atoms with van der Waals surface area (Å²) in [5, 5.41) is 0. The fourth-order valence-corrected chi connectivity index (χ4v) is 5.18. The Kier molecular flexibility index (Phi) is 7.81. The van der Waals surface area contributed by atoms with Gasteiger partial charge in [-0.1, -0.05) is 30.3 Å². The number of thioether (sulfide) groups is 2. The number of hydrogen-bond acceptors (Lipinski definition) is 2. The molecule has 0 saturated carbocycles. The zero-order valence-corrected chi connectivity index (χ0v) is 17.1. The van der Waals surface area contributed by atoms with Crippen LogP contribution in [0.2, 0.25) is 0 Å². The second-order valence-corrected chi connectivity index (χ2v) is 9.02. The van der Waals surface area contributed by atoms with Crippen molar-refractivity contribution in [3.63, 3.8) is 0 Å². The first kappa shape index (κ1) is 18.9. The minimum absolute atomic E-state index is 1.06. The molecule has 1 aromatic rings. The first-order chi connectivity index (χ1) is 12.4. The van der Waals surface area contributed by atoms with E-state index in [-0.39, 0.29) is 0 Å². The lowest BCUT2D eigenvalue weighted by Crippen LogP contribution is -2.42. The van der Waals surface area contributed by atoms with E-state index in [2.05, 4.69) is 52.1 Å². The molecule has 0 aliphatic carbocycles. The van der Waals surface area contributed by atoms with E-state index in [4.69, 9.17) is 0 Å². The van der Waals surface area contributed by atoms with Crippen molar-refractivity contribution < 1.29 is 4.58 Å². The fraction of sp³-hybridized carbons (Fsp3) is 0.571. The maximum atomic E-state index is 2.65. The molecule has 0 bridgehead atoms. The van der Waals surface area contributed by atoms with Gasteiger partial charge in [-0.3, -0.25) is 9.48 Å². The number of benzene rings is 1. The van der Waals surface area contributed by atoms with E-state index in [1.807, 2.05) is 23.5 Å². The predicted molar refractivity (Wildman–Crippen MR) is 114 cm³/mol. The molecule has 0 radical (unpaired) electrons. The summed E-state index contributed by atoms with van der Waals surface area (Å²) >= 11 is 3.88. The quantitative estimate of drug-likeness (QED) is 0.515. The number of piperidine rings is 2. The molecule has 2 aliphatic heterocycles. The highest BCUT2D eigenvalue weighted by molar-refractivity contribution is 8.21. The maximum absolute atomic E-state index is 2.65. The van der Waals surface area contributed by atoms with E-state index in [0.29, 0.717) is 0 Å². The van der Waals surface area contributed by atoms with Crippen molar-refractivity contribution in [3.05, 3.63) is 46.2 Å². The number of nitrogens with zero attached hydrogens (tertiary/aromatic N) is 2. The van der Waals surface area contributed by atoms with Gasteiger partial charge in [0, 0.05) is 16.1 Å². The summed E-state index contributed by atoms with van der Waals surface area (Å²) in [7, 11) is 0. The summed E-state index contributed by atoms with van der Waals surface area (Å²) < 4.78 is 4.09. The van der Waals surface area contributed by atoms with Crippen LogP contribution in [0.3, 0.4) is 0 Å². The molecule has 1 aromatic carbocycles. The normalized spacial score (nSPS) is 19.2. The van der Waals surface area contributed by atoms with Crippen molar-refractivity contribution in [2.45, 2.75) is 44.3 Å². The molecule has 25 heavy (non-hydrogen) atoms. The molecule has 3 rings (SSSR count). The fourth-order valence-electron chi connectivity index (χ4n) is 3.62. The van der Waals surface area contributed by atoms with Gasteiger partial charge in [0.25, 0.3) is 5.84 Å². The maximum Gasteiger partial charge on any atom is 0.273 e. The molecule has 0 N–H and O–H groups in total. The largest absolute Gasteiger partial charge is 0.273 e. The lowest BCUT2D eigenvalue weighted by molar-refractivity contribution is -0.541. The second kappa shape index (κ2) is 10.3. The summed E-state index contributed by atoms with van der Waals surface area (Å²) in [5.74, 6) is 2.55. The van der Waals surface area contributed by atoms with E-state index >= 15 is 0 Å². The van der Waals surface area contributed by atoms with Crippen LogP contribution in [0.5, 0.6) is 0 Å². The number of rotatable bonds is 5. The Balaban J connectivity index is 1.76. The number of likely N-dealkylation sites (tertiary alicyclic amines) is 1. The molecular weight excluding hydrogens is 344 g/mol. The molecule has 0 atom stereocenters. The molecular formula is C21H31N2S2+. The summed E-state index contributed by atoms with van der Waals surface area (Å²) in [6.45, 7) is 4.92. The van der Waals surface area contributed by atoms with Gasteiger partial charge in [0.15, 0.2) is 0 Å². The van der Waals surface area contributed by atoms with Gasteiger partial charge in [-0.2, -0.15) is 0 Å². The van der Waals surface area contributed by atoms with E-state index < -0.39 is 0 Å². The van der Waals surface area contributed by atoms with Crippen LogP contribution in [0.4, 0.5) is 0 Å². The van der Waals surface area contributed by atoms with Crippen molar-refractivity contribution in [1.82, 2.24) is 4.90 Å². The molecule has 0 unspecified atom stereocenters. The van der Waals surface area contributed by atoms with Crippen LogP contribution in [-0.4, -0.2) is 47.7 Å². The minimum Gasteiger partial charge on any atom is -0.262 e. The monoisotopic (exact) mass is 375 g/mol. The highest BCUT2D eigenvalue weighted by Crippen LogP contribution is 2.30. The average molecular weight is 376 g/mol. The van der Waals surface area contributed by atoms with Gasteiger partial charge in [-0.25, -0.2) is 0 Å². The molecule has 0 aromatic heterocycles. The Morgan fingerprint density at radius 2 is 1.68 bits per heavy atom. The van der Waals surface area contributed by atoms with Crippen LogP contribution >= 0.6 is 23.5 Å². The summed E-state index contributed by atoms with van der Waals surface area (Å²) in [6, 6.07) is 10.8. The highest BCUT2D eigenvalue weighted by atomic mass is 32.2. The minimum atomic E-state index is 1.06. The van der Waals surface area contributed by atoms with Crippen molar-refractivity contribution in [2.75, 3.05) is 32.4 Å². The van der Waals surface area contributed by atoms with Crippen LogP contribution in [0.15, 0.2) is 40.6 Å². The molecule has 0 amide bonds. The smallest absolute Gasteiger partial charge is 0.262 e. The lowest BCUT2D eigenvalue weighted by Gasteiger charge is -2.26. The molecule has 2 fully saturated rings. The van der Waals surface area contributed by atoms with E-state index in [9.17, 15) is 0 Å². The van der Waals surface area contributed by atoms with Crippen LogP contribution < -0.4 is 0 Å². The summed E-state index contributed by atoms with van der Waals surface area (Å²) in [5.41, 5.74) is 1.41. The Hall–Kier alpha value is -0.870. The lowest BCUT2D eigenvalue weighted by atomic mass is 10.1.